The first kappa shape index (κ1) is 33.4. The van der Waals surface area contributed by atoms with Gasteiger partial charge < -0.3 is 20.1 Å². The van der Waals surface area contributed by atoms with Crippen LogP contribution in [0.3, 0.4) is 0 Å². The fourth-order valence-corrected chi connectivity index (χ4v) is 6.24. The number of hydrogen-bond acceptors (Lipinski definition) is 9. The van der Waals surface area contributed by atoms with Crippen LogP contribution in [0.15, 0.2) is 59.1 Å². The molecule has 13 heteroatoms. The maximum absolute atomic E-state index is 14.0. The summed E-state index contributed by atoms with van der Waals surface area (Å²) in [4.78, 5) is 51.9. The summed E-state index contributed by atoms with van der Waals surface area (Å²) in [6, 6.07) is 15.8. The van der Waals surface area contributed by atoms with Crippen LogP contribution in [0, 0.1) is 5.92 Å². The summed E-state index contributed by atoms with van der Waals surface area (Å²) in [5.74, 6) is 2.76. The van der Waals surface area contributed by atoms with Crippen LogP contribution in [0.1, 0.15) is 80.0 Å². The Bertz CT molecular complexity index is 1720. The van der Waals surface area contributed by atoms with Gasteiger partial charge in [0.2, 0.25) is 23.5 Å². The molecule has 2 aromatic carbocycles. The number of benzene rings is 2. The molecule has 6 rings (SSSR count). The highest BCUT2D eigenvalue weighted by atomic mass is 32.2. The first-order chi connectivity index (χ1) is 23.3. The Kier molecular flexibility index (Phi) is 10.5. The van der Waals surface area contributed by atoms with Gasteiger partial charge in [-0.25, -0.2) is 9.67 Å². The van der Waals surface area contributed by atoms with Gasteiger partial charge in [0.05, 0.1) is 12.6 Å². The third-order valence-corrected chi connectivity index (χ3v) is 9.34. The SMILES string of the molecule is CSCC[C@@H]1NC(=O)CCCN(C(=O)c2ccc(-c3noc(C4CC4)n3)cc2)CCn2nc(-c3ccccc3)nc2[C@@H](C(C)C)NC1=O. The maximum Gasteiger partial charge on any atom is 0.253 e. The van der Waals surface area contributed by atoms with Crippen LogP contribution < -0.4 is 10.6 Å². The van der Waals surface area contributed by atoms with Gasteiger partial charge in [-0.2, -0.15) is 21.8 Å². The zero-order valence-electron chi connectivity index (χ0n) is 27.6. The average molecular weight is 671 g/mol. The summed E-state index contributed by atoms with van der Waals surface area (Å²) in [6.07, 6.45) is 5.24. The largest absolute Gasteiger partial charge is 0.344 e. The Morgan fingerprint density at radius 1 is 0.958 bits per heavy atom. The summed E-state index contributed by atoms with van der Waals surface area (Å²) in [5.41, 5.74) is 2.15. The van der Waals surface area contributed by atoms with Crippen molar-refractivity contribution in [1.82, 2.24) is 40.4 Å². The Morgan fingerprint density at radius 3 is 2.42 bits per heavy atom. The molecule has 252 valence electrons. The monoisotopic (exact) mass is 670 g/mol. The highest BCUT2D eigenvalue weighted by Gasteiger charge is 2.31. The van der Waals surface area contributed by atoms with Crippen LogP contribution in [0.25, 0.3) is 22.8 Å². The van der Waals surface area contributed by atoms with Gasteiger partial charge in [0, 0.05) is 42.1 Å². The number of hydrogen-bond donors (Lipinski definition) is 2. The smallest absolute Gasteiger partial charge is 0.253 e. The van der Waals surface area contributed by atoms with Gasteiger partial charge in [0.15, 0.2) is 11.6 Å². The minimum atomic E-state index is -0.685. The number of carbonyl (C=O) groups is 3. The predicted molar refractivity (Wildman–Crippen MR) is 183 cm³/mol. The van der Waals surface area contributed by atoms with Gasteiger partial charge in [-0.15, -0.1) is 0 Å². The van der Waals surface area contributed by atoms with Gasteiger partial charge in [-0.05, 0) is 55.7 Å². The second-order valence-corrected chi connectivity index (χ2v) is 13.7. The zero-order valence-corrected chi connectivity index (χ0v) is 28.4. The third-order valence-electron chi connectivity index (χ3n) is 8.70. The van der Waals surface area contributed by atoms with Crippen LogP contribution in [-0.2, 0) is 16.1 Å². The van der Waals surface area contributed by atoms with Gasteiger partial charge in [0.25, 0.3) is 5.91 Å². The fourth-order valence-electron chi connectivity index (χ4n) is 5.77. The average Bonchev–Trinajstić information content (AvgIpc) is 3.67. The molecule has 0 bridgehead atoms. The van der Waals surface area contributed by atoms with Crippen molar-refractivity contribution >= 4 is 29.5 Å². The lowest BCUT2D eigenvalue weighted by molar-refractivity contribution is -0.129. The van der Waals surface area contributed by atoms with E-state index in [1.807, 2.05) is 67.2 Å². The van der Waals surface area contributed by atoms with E-state index in [9.17, 15) is 14.4 Å². The molecule has 0 spiro atoms. The quantitative estimate of drug-likeness (QED) is 0.268. The summed E-state index contributed by atoms with van der Waals surface area (Å²) in [6.45, 7) is 5.08. The zero-order chi connectivity index (χ0) is 33.6. The molecule has 1 aliphatic heterocycles. The molecule has 3 heterocycles. The lowest BCUT2D eigenvalue weighted by Gasteiger charge is -2.28. The molecule has 2 aliphatic rings. The fraction of sp³-hybridized carbons (Fsp3) is 0.457. The Balaban J connectivity index is 1.29. The van der Waals surface area contributed by atoms with E-state index >= 15 is 0 Å². The van der Waals surface area contributed by atoms with E-state index in [-0.39, 0.29) is 30.1 Å². The summed E-state index contributed by atoms with van der Waals surface area (Å²) < 4.78 is 7.23. The van der Waals surface area contributed by atoms with E-state index in [1.54, 1.807) is 28.8 Å². The molecule has 0 radical (unpaired) electrons. The molecular formula is C35H42N8O4S. The standard InChI is InChI=1S/C35H42N8O4S/c1-22(2)29-32-38-30(23-8-5-4-6-9-23)40-43(32)20-19-42(18-7-10-28(44)36-27(17-21-48-3)33(45)37-29)35(46)26-15-11-24(12-16-26)31-39-34(47-41-31)25-13-14-25/h4-6,8-9,11-12,15-16,22,25,27,29H,7,10,13-14,17-21H2,1-3H3,(H,36,44)(H,37,45)/t27-,29+/m0/s1. The predicted octanol–water partition coefficient (Wildman–Crippen LogP) is 4.86. The highest BCUT2D eigenvalue weighted by Crippen LogP contribution is 2.39. The van der Waals surface area contributed by atoms with Crippen molar-refractivity contribution in [2.75, 3.05) is 25.1 Å². The molecule has 1 aliphatic carbocycles. The van der Waals surface area contributed by atoms with Gasteiger partial charge in [-0.3, -0.25) is 14.4 Å². The van der Waals surface area contributed by atoms with Gasteiger partial charge >= 0.3 is 0 Å². The van der Waals surface area contributed by atoms with Crippen molar-refractivity contribution in [3.63, 3.8) is 0 Å². The van der Waals surface area contributed by atoms with Crippen molar-refractivity contribution in [2.45, 2.75) is 70.5 Å². The van der Waals surface area contributed by atoms with Crippen molar-refractivity contribution in [3.8, 4) is 22.8 Å². The number of thioether (sulfide) groups is 1. The van der Waals surface area contributed by atoms with Gasteiger partial charge in [0.1, 0.15) is 6.04 Å². The van der Waals surface area contributed by atoms with Crippen LogP contribution in [0.5, 0.6) is 0 Å². The first-order valence-corrected chi connectivity index (χ1v) is 18.0. The topological polar surface area (TPSA) is 148 Å². The highest BCUT2D eigenvalue weighted by molar-refractivity contribution is 7.98. The number of carbonyl (C=O) groups excluding carboxylic acids is 3. The molecule has 2 aromatic heterocycles. The minimum absolute atomic E-state index is 0.0267. The van der Waals surface area contributed by atoms with E-state index in [2.05, 4.69) is 20.8 Å². The molecule has 3 amide bonds. The summed E-state index contributed by atoms with van der Waals surface area (Å²) >= 11 is 1.62. The molecule has 1 saturated carbocycles. The number of rotatable bonds is 8. The minimum Gasteiger partial charge on any atom is -0.344 e. The van der Waals surface area contributed by atoms with Crippen LogP contribution >= 0.6 is 11.8 Å². The lowest BCUT2D eigenvalue weighted by atomic mass is 10.0. The summed E-state index contributed by atoms with van der Waals surface area (Å²) in [5, 5.41) is 15.1. The van der Waals surface area contributed by atoms with Crippen LogP contribution in [-0.4, -0.2) is 78.7 Å². The summed E-state index contributed by atoms with van der Waals surface area (Å²) in [7, 11) is 0. The number of fused-ring (bicyclic) bond motifs is 1. The Labute approximate surface area is 284 Å². The first-order valence-electron chi connectivity index (χ1n) is 16.6. The van der Waals surface area contributed by atoms with Gasteiger partial charge in [-0.1, -0.05) is 61.5 Å². The number of nitrogens with one attached hydrogen (secondary N) is 2. The normalized spacial score (nSPS) is 19.4. The lowest BCUT2D eigenvalue weighted by Crippen LogP contribution is -2.49. The number of aromatic nitrogens is 5. The maximum atomic E-state index is 14.0. The molecule has 4 aromatic rings. The van der Waals surface area contributed by atoms with E-state index < -0.39 is 12.1 Å². The Hall–Kier alpha value is -4.52. The van der Waals surface area contributed by atoms with Crippen molar-refractivity contribution in [2.24, 2.45) is 5.92 Å². The van der Waals surface area contributed by atoms with Crippen LogP contribution in [0.2, 0.25) is 0 Å². The van der Waals surface area contributed by atoms with Crippen molar-refractivity contribution < 1.29 is 18.9 Å². The number of amides is 3. The molecule has 0 saturated heterocycles. The van der Waals surface area contributed by atoms with Crippen molar-refractivity contribution in [1.29, 1.82) is 0 Å². The second kappa shape index (κ2) is 15.1. The van der Waals surface area contributed by atoms with E-state index in [0.29, 0.717) is 73.1 Å². The molecule has 12 nitrogen and oxygen atoms in total. The third kappa shape index (κ3) is 7.95. The molecule has 2 atom stereocenters. The van der Waals surface area contributed by atoms with E-state index in [4.69, 9.17) is 14.6 Å². The number of nitrogens with zero attached hydrogens (tertiary/aromatic N) is 6. The second-order valence-electron chi connectivity index (χ2n) is 12.7. The molecule has 2 N–H and O–H groups in total. The molecule has 48 heavy (non-hydrogen) atoms. The molecule has 0 unspecified atom stereocenters. The Morgan fingerprint density at radius 2 is 1.71 bits per heavy atom. The van der Waals surface area contributed by atoms with Crippen molar-refractivity contribution in [3.05, 3.63) is 71.9 Å². The molecule has 1 fully saturated rings. The van der Waals surface area contributed by atoms with E-state index in [1.165, 1.54) is 0 Å². The van der Waals surface area contributed by atoms with E-state index in [0.717, 1.165) is 24.0 Å². The van der Waals surface area contributed by atoms with Crippen LogP contribution in [0.4, 0.5) is 0 Å². The molecular weight excluding hydrogens is 629 g/mol.